The summed E-state index contributed by atoms with van der Waals surface area (Å²) in [4.78, 5) is 11.5. The fourth-order valence-electron chi connectivity index (χ4n) is 3.20. The van der Waals surface area contributed by atoms with E-state index in [0.29, 0.717) is 28.7 Å². The SMILES string of the molecule is NC1(c2cc(C3CC3)[nH]n2)C=CNC(=NCc2cc3[nH]cnc3cc2F)N1. The van der Waals surface area contributed by atoms with Crippen LogP contribution < -0.4 is 16.4 Å². The van der Waals surface area contributed by atoms with Gasteiger partial charge in [-0.05, 0) is 31.1 Å². The highest BCUT2D eigenvalue weighted by molar-refractivity contribution is 5.83. The van der Waals surface area contributed by atoms with Crippen LogP contribution in [0.1, 0.15) is 35.7 Å². The molecule has 0 saturated heterocycles. The van der Waals surface area contributed by atoms with Crippen molar-refractivity contribution in [1.82, 2.24) is 30.8 Å². The van der Waals surface area contributed by atoms with Gasteiger partial charge in [-0.2, -0.15) is 5.10 Å². The Morgan fingerprint density at radius 2 is 2.19 bits per heavy atom. The van der Waals surface area contributed by atoms with Crippen LogP contribution in [0.5, 0.6) is 0 Å². The molecule has 27 heavy (non-hydrogen) atoms. The molecule has 1 aliphatic carbocycles. The molecule has 1 fully saturated rings. The monoisotopic (exact) mass is 366 g/mol. The van der Waals surface area contributed by atoms with Crippen LogP contribution in [0.2, 0.25) is 0 Å². The summed E-state index contributed by atoms with van der Waals surface area (Å²) in [6.45, 7) is 0.161. The lowest BCUT2D eigenvalue weighted by molar-refractivity contribution is 0.483. The lowest BCUT2D eigenvalue weighted by Gasteiger charge is -2.30. The van der Waals surface area contributed by atoms with Gasteiger partial charge in [0.05, 0.1) is 23.9 Å². The number of imidazole rings is 1. The van der Waals surface area contributed by atoms with E-state index < -0.39 is 5.66 Å². The van der Waals surface area contributed by atoms with Crippen LogP contribution in [0.15, 0.2) is 41.8 Å². The Kier molecular flexibility index (Phi) is 3.51. The van der Waals surface area contributed by atoms with Crippen LogP contribution in [-0.4, -0.2) is 26.1 Å². The molecule has 9 heteroatoms. The molecular formula is C18H19FN8. The molecule has 138 valence electrons. The zero-order chi connectivity index (χ0) is 18.4. The summed E-state index contributed by atoms with van der Waals surface area (Å²) >= 11 is 0. The van der Waals surface area contributed by atoms with Gasteiger partial charge in [0.25, 0.3) is 0 Å². The van der Waals surface area contributed by atoms with Crippen LogP contribution in [0.25, 0.3) is 11.0 Å². The fraction of sp³-hybridized carbons (Fsp3) is 0.278. The second-order valence-electron chi connectivity index (χ2n) is 6.98. The number of nitrogens with two attached hydrogens (primary N) is 1. The minimum Gasteiger partial charge on any atom is -0.345 e. The Morgan fingerprint density at radius 1 is 1.30 bits per heavy atom. The topological polar surface area (TPSA) is 120 Å². The summed E-state index contributed by atoms with van der Waals surface area (Å²) in [5.74, 6) is 0.680. The van der Waals surface area contributed by atoms with E-state index in [1.807, 2.05) is 6.07 Å². The van der Waals surface area contributed by atoms with Crippen molar-refractivity contribution in [3.8, 4) is 0 Å². The van der Waals surface area contributed by atoms with Gasteiger partial charge in [0.15, 0.2) is 11.6 Å². The number of aliphatic imine (C=N–C) groups is 1. The van der Waals surface area contributed by atoms with E-state index in [2.05, 4.69) is 35.8 Å². The molecule has 1 saturated carbocycles. The Bertz CT molecular complexity index is 1060. The van der Waals surface area contributed by atoms with Crippen molar-refractivity contribution in [2.24, 2.45) is 10.7 Å². The highest BCUT2D eigenvalue weighted by Gasteiger charge is 2.33. The number of hydrogen-bond donors (Lipinski definition) is 5. The molecule has 1 unspecified atom stereocenters. The second kappa shape index (κ2) is 5.92. The van der Waals surface area contributed by atoms with Crippen molar-refractivity contribution in [3.05, 3.63) is 59.6 Å². The quantitative estimate of drug-likeness (QED) is 0.481. The van der Waals surface area contributed by atoms with E-state index in [-0.39, 0.29) is 12.4 Å². The molecule has 0 amide bonds. The molecule has 0 radical (unpaired) electrons. The average molecular weight is 366 g/mol. The van der Waals surface area contributed by atoms with E-state index in [4.69, 9.17) is 5.73 Å². The predicted octanol–water partition coefficient (Wildman–Crippen LogP) is 1.68. The maximum atomic E-state index is 14.2. The number of rotatable bonds is 4. The number of aromatic nitrogens is 4. The highest BCUT2D eigenvalue weighted by atomic mass is 19.1. The number of nitrogens with zero attached hydrogens (tertiary/aromatic N) is 3. The Balaban J connectivity index is 1.36. The van der Waals surface area contributed by atoms with Crippen molar-refractivity contribution < 1.29 is 4.39 Å². The first-order valence-corrected chi connectivity index (χ1v) is 8.84. The van der Waals surface area contributed by atoms with Gasteiger partial charge in [-0.3, -0.25) is 5.10 Å². The lowest BCUT2D eigenvalue weighted by atomic mass is 10.1. The third-order valence-electron chi connectivity index (χ3n) is 4.93. The number of nitrogens with one attached hydrogen (secondary N) is 4. The molecule has 2 aromatic heterocycles. The first kappa shape index (κ1) is 16.0. The molecule has 0 spiro atoms. The number of benzene rings is 1. The maximum absolute atomic E-state index is 14.2. The van der Waals surface area contributed by atoms with Gasteiger partial charge in [0, 0.05) is 29.4 Å². The van der Waals surface area contributed by atoms with Crippen LogP contribution in [0, 0.1) is 5.82 Å². The second-order valence-corrected chi connectivity index (χ2v) is 6.98. The molecule has 6 N–H and O–H groups in total. The van der Waals surface area contributed by atoms with Gasteiger partial charge in [-0.25, -0.2) is 14.4 Å². The van der Waals surface area contributed by atoms with Crippen molar-refractivity contribution in [2.45, 2.75) is 31.0 Å². The number of fused-ring (bicyclic) bond motifs is 1. The maximum Gasteiger partial charge on any atom is 0.197 e. The predicted molar refractivity (Wildman–Crippen MR) is 99.0 cm³/mol. The van der Waals surface area contributed by atoms with Crippen LogP contribution >= 0.6 is 0 Å². The summed E-state index contributed by atoms with van der Waals surface area (Å²) in [5, 5.41) is 13.6. The third-order valence-corrected chi connectivity index (χ3v) is 4.93. The lowest BCUT2D eigenvalue weighted by Crippen LogP contribution is -2.57. The Labute approximate surface area is 154 Å². The minimum atomic E-state index is -0.973. The molecule has 3 aromatic rings. The van der Waals surface area contributed by atoms with Gasteiger partial charge in [-0.15, -0.1) is 0 Å². The zero-order valence-corrected chi connectivity index (χ0v) is 14.5. The molecule has 2 aliphatic rings. The largest absolute Gasteiger partial charge is 0.345 e. The number of aromatic amines is 2. The van der Waals surface area contributed by atoms with E-state index in [9.17, 15) is 4.39 Å². The van der Waals surface area contributed by atoms with E-state index in [1.165, 1.54) is 25.2 Å². The molecule has 0 bridgehead atoms. The first-order chi connectivity index (χ1) is 13.1. The van der Waals surface area contributed by atoms with E-state index in [1.54, 1.807) is 18.3 Å². The summed E-state index contributed by atoms with van der Waals surface area (Å²) in [5.41, 5.74) is 9.14. The van der Waals surface area contributed by atoms with Gasteiger partial charge in [0.1, 0.15) is 11.5 Å². The number of H-pyrrole nitrogens is 2. The number of hydrogen-bond acceptors (Lipinski definition) is 4. The molecule has 3 heterocycles. The molecule has 1 aliphatic heterocycles. The number of guanidine groups is 1. The first-order valence-electron chi connectivity index (χ1n) is 8.84. The number of halogens is 1. The molecule has 1 atom stereocenters. The van der Waals surface area contributed by atoms with Gasteiger partial charge >= 0.3 is 0 Å². The van der Waals surface area contributed by atoms with E-state index in [0.717, 1.165) is 11.2 Å². The van der Waals surface area contributed by atoms with Crippen LogP contribution in [0.4, 0.5) is 4.39 Å². The van der Waals surface area contributed by atoms with Crippen molar-refractivity contribution in [3.63, 3.8) is 0 Å². The fourth-order valence-corrected chi connectivity index (χ4v) is 3.20. The molecule has 1 aromatic carbocycles. The summed E-state index contributed by atoms with van der Waals surface area (Å²) < 4.78 is 14.2. The van der Waals surface area contributed by atoms with Crippen LogP contribution in [0.3, 0.4) is 0 Å². The smallest absolute Gasteiger partial charge is 0.197 e. The van der Waals surface area contributed by atoms with Gasteiger partial charge in [0.2, 0.25) is 0 Å². The minimum absolute atomic E-state index is 0.161. The molecule has 5 rings (SSSR count). The highest BCUT2D eigenvalue weighted by Crippen LogP contribution is 2.39. The van der Waals surface area contributed by atoms with Gasteiger partial charge < -0.3 is 21.4 Å². The standard InChI is InChI=1S/C18H19FN8/c19-12-6-15-14(23-9-24-15)5-11(12)8-22-17-21-4-3-18(20,25-17)16-7-13(26-27-16)10-1-2-10/h3-7,9-10H,1-2,8,20H2,(H,23,24)(H,26,27)(H2,21,22,25). The average Bonchev–Trinajstić information content (AvgIpc) is 3.20. The van der Waals surface area contributed by atoms with Crippen molar-refractivity contribution in [1.29, 1.82) is 0 Å². The Morgan fingerprint density at radius 3 is 3.04 bits per heavy atom. The summed E-state index contributed by atoms with van der Waals surface area (Å²) in [6.07, 6.45) is 7.41. The van der Waals surface area contributed by atoms with Crippen molar-refractivity contribution >= 4 is 17.0 Å². The summed E-state index contributed by atoms with van der Waals surface area (Å²) in [6, 6.07) is 5.11. The molecular weight excluding hydrogens is 347 g/mol. The van der Waals surface area contributed by atoms with Crippen molar-refractivity contribution in [2.75, 3.05) is 0 Å². The van der Waals surface area contributed by atoms with E-state index >= 15 is 0 Å². The summed E-state index contributed by atoms with van der Waals surface area (Å²) in [7, 11) is 0. The zero-order valence-electron chi connectivity index (χ0n) is 14.5. The molecule has 8 nitrogen and oxygen atoms in total. The normalized spacial score (nSPS) is 23.6. The Hall–Kier alpha value is -3.20. The van der Waals surface area contributed by atoms with Gasteiger partial charge in [-0.1, -0.05) is 0 Å². The van der Waals surface area contributed by atoms with Crippen LogP contribution in [-0.2, 0) is 12.2 Å². The third kappa shape index (κ3) is 2.95.